The molecule has 2 heterocycles. The predicted molar refractivity (Wildman–Crippen MR) is 80.1 cm³/mol. The third-order valence-electron chi connectivity index (χ3n) is 3.47. The number of aromatic nitrogens is 1. The van der Waals surface area contributed by atoms with Crippen LogP contribution in [0.15, 0.2) is 48.7 Å². The molecule has 1 aliphatic rings. The van der Waals surface area contributed by atoms with Crippen LogP contribution < -0.4 is 10.2 Å². The van der Waals surface area contributed by atoms with Crippen LogP contribution in [0.4, 0.5) is 11.4 Å². The summed E-state index contributed by atoms with van der Waals surface area (Å²) in [6.45, 7) is 2.19. The Kier molecular flexibility index (Phi) is 3.63. The van der Waals surface area contributed by atoms with Crippen LogP contribution in [-0.2, 0) is 0 Å². The van der Waals surface area contributed by atoms with Crippen molar-refractivity contribution in [3.63, 3.8) is 0 Å². The zero-order chi connectivity index (χ0) is 13.8. The Morgan fingerprint density at radius 2 is 1.95 bits per heavy atom. The summed E-state index contributed by atoms with van der Waals surface area (Å²) in [5.41, 5.74) is 2.41. The lowest BCUT2D eigenvalue weighted by Crippen LogP contribution is -2.18. The second-order valence-corrected chi connectivity index (χ2v) is 4.91. The highest BCUT2D eigenvalue weighted by Crippen LogP contribution is 2.23. The second kappa shape index (κ2) is 5.74. The minimum absolute atomic E-state index is 0.177. The normalized spacial score (nSPS) is 14.3. The van der Waals surface area contributed by atoms with Gasteiger partial charge < -0.3 is 10.2 Å². The molecule has 4 nitrogen and oxygen atoms in total. The van der Waals surface area contributed by atoms with E-state index in [0.717, 1.165) is 18.8 Å². The standard InChI is InChI=1S/C16H17N3O/c20-16(15-8-1-2-9-17-15)18-13-6-5-7-14(12-13)19-10-3-4-11-19/h1-2,5-9,12H,3-4,10-11H2,(H,18,20). The predicted octanol–water partition coefficient (Wildman–Crippen LogP) is 2.93. The first kappa shape index (κ1) is 12.7. The van der Waals surface area contributed by atoms with Crippen molar-refractivity contribution in [2.24, 2.45) is 0 Å². The third kappa shape index (κ3) is 2.79. The van der Waals surface area contributed by atoms with Crippen LogP contribution in [-0.4, -0.2) is 24.0 Å². The molecule has 0 radical (unpaired) electrons. The van der Waals surface area contributed by atoms with E-state index in [9.17, 15) is 4.79 Å². The fourth-order valence-electron chi connectivity index (χ4n) is 2.45. The Balaban J connectivity index is 1.74. The van der Waals surface area contributed by atoms with E-state index in [1.54, 1.807) is 18.3 Å². The summed E-state index contributed by atoms with van der Waals surface area (Å²) in [6.07, 6.45) is 4.10. The van der Waals surface area contributed by atoms with Crippen molar-refractivity contribution in [2.45, 2.75) is 12.8 Å². The molecular formula is C16H17N3O. The van der Waals surface area contributed by atoms with Crippen LogP contribution in [0.5, 0.6) is 0 Å². The van der Waals surface area contributed by atoms with E-state index in [1.165, 1.54) is 18.5 Å². The average Bonchev–Trinajstić information content (AvgIpc) is 3.03. The molecule has 0 spiro atoms. The lowest BCUT2D eigenvalue weighted by atomic mass is 10.2. The van der Waals surface area contributed by atoms with Crippen molar-refractivity contribution < 1.29 is 4.79 Å². The SMILES string of the molecule is O=C(Nc1cccc(N2CCCC2)c1)c1ccccn1. The number of hydrogen-bond acceptors (Lipinski definition) is 3. The van der Waals surface area contributed by atoms with Gasteiger partial charge in [-0.2, -0.15) is 0 Å². The quantitative estimate of drug-likeness (QED) is 0.930. The Morgan fingerprint density at radius 1 is 1.10 bits per heavy atom. The minimum Gasteiger partial charge on any atom is -0.371 e. The molecule has 3 rings (SSSR count). The van der Waals surface area contributed by atoms with Gasteiger partial charge in [-0.15, -0.1) is 0 Å². The summed E-state index contributed by atoms with van der Waals surface area (Å²) in [6, 6.07) is 13.3. The van der Waals surface area contributed by atoms with E-state index < -0.39 is 0 Å². The molecular weight excluding hydrogens is 250 g/mol. The molecule has 4 heteroatoms. The van der Waals surface area contributed by atoms with Crippen LogP contribution in [0.25, 0.3) is 0 Å². The van der Waals surface area contributed by atoms with Gasteiger partial charge in [0.25, 0.3) is 5.91 Å². The highest BCUT2D eigenvalue weighted by molar-refractivity contribution is 6.03. The first-order chi connectivity index (χ1) is 9.83. The van der Waals surface area contributed by atoms with Gasteiger partial charge in [0.1, 0.15) is 5.69 Å². The van der Waals surface area contributed by atoms with E-state index in [0.29, 0.717) is 5.69 Å². The van der Waals surface area contributed by atoms with Crippen LogP contribution in [0.2, 0.25) is 0 Å². The molecule has 0 unspecified atom stereocenters. The number of carbonyl (C=O) groups excluding carboxylic acids is 1. The summed E-state index contributed by atoms with van der Waals surface area (Å²) in [5.74, 6) is -0.177. The fraction of sp³-hybridized carbons (Fsp3) is 0.250. The number of pyridine rings is 1. The molecule has 1 fully saturated rings. The molecule has 0 atom stereocenters. The summed E-state index contributed by atoms with van der Waals surface area (Å²) in [7, 11) is 0. The molecule has 1 aromatic carbocycles. The zero-order valence-electron chi connectivity index (χ0n) is 11.2. The molecule has 1 N–H and O–H groups in total. The number of carbonyl (C=O) groups is 1. The summed E-state index contributed by atoms with van der Waals surface area (Å²) in [4.78, 5) is 18.5. The lowest BCUT2D eigenvalue weighted by Gasteiger charge is -2.18. The molecule has 1 aliphatic heterocycles. The Bertz CT molecular complexity index is 592. The highest BCUT2D eigenvalue weighted by Gasteiger charge is 2.13. The van der Waals surface area contributed by atoms with Gasteiger partial charge in [-0.25, -0.2) is 0 Å². The van der Waals surface area contributed by atoms with Gasteiger partial charge >= 0.3 is 0 Å². The maximum absolute atomic E-state index is 12.1. The molecule has 2 aromatic rings. The summed E-state index contributed by atoms with van der Waals surface area (Å²) >= 11 is 0. The van der Waals surface area contributed by atoms with Crippen molar-refractivity contribution in [1.29, 1.82) is 0 Å². The minimum atomic E-state index is -0.177. The Hall–Kier alpha value is -2.36. The number of nitrogens with zero attached hydrogens (tertiary/aromatic N) is 2. The number of rotatable bonds is 3. The second-order valence-electron chi connectivity index (χ2n) is 4.91. The number of anilines is 2. The van der Waals surface area contributed by atoms with Crippen molar-refractivity contribution in [3.8, 4) is 0 Å². The first-order valence-electron chi connectivity index (χ1n) is 6.90. The van der Waals surface area contributed by atoms with E-state index in [4.69, 9.17) is 0 Å². The van der Waals surface area contributed by atoms with Gasteiger partial charge in [0.15, 0.2) is 0 Å². The lowest BCUT2D eigenvalue weighted by molar-refractivity contribution is 0.102. The third-order valence-corrected chi connectivity index (χ3v) is 3.47. The molecule has 1 amide bonds. The van der Waals surface area contributed by atoms with Crippen molar-refractivity contribution >= 4 is 17.3 Å². The van der Waals surface area contributed by atoms with Crippen LogP contribution in [0.1, 0.15) is 23.3 Å². The maximum Gasteiger partial charge on any atom is 0.274 e. The number of amides is 1. The molecule has 0 aliphatic carbocycles. The van der Waals surface area contributed by atoms with E-state index in [1.807, 2.05) is 24.3 Å². The largest absolute Gasteiger partial charge is 0.371 e. The molecule has 102 valence electrons. The van der Waals surface area contributed by atoms with Gasteiger partial charge in [0.05, 0.1) is 0 Å². The van der Waals surface area contributed by atoms with Crippen molar-refractivity contribution in [2.75, 3.05) is 23.3 Å². The van der Waals surface area contributed by atoms with Gasteiger partial charge in [-0.1, -0.05) is 12.1 Å². The number of benzene rings is 1. The van der Waals surface area contributed by atoms with Crippen LogP contribution >= 0.6 is 0 Å². The monoisotopic (exact) mass is 267 g/mol. The molecule has 0 saturated carbocycles. The van der Waals surface area contributed by atoms with Gasteiger partial charge in [0, 0.05) is 30.7 Å². The van der Waals surface area contributed by atoms with E-state index >= 15 is 0 Å². The first-order valence-corrected chi connectivity index (χ1v) is 6.90. The topological polar surface area (TPSA) is 45.2 Å². The van der Waals surface area contributed by atoms with Gasteiger partial charge in [-0.05, 0) is 43.2 Å². The van der Waals surface area contributed by atoms with Crippen molar-refractivity contribution in [3.05, 3.63) is 54.4 Å². The van der Waals surface area contributed by atoms with Gasteiger partial charge in [0.2, 0.25) is 0 Å². The summed E-state index contributed by atoms with van der Waals surface area (Å²) < 4.78 is 0. The van der Waals surface area contributed by atoms with Crippen molar-refractivity contribution in [1.82, 2.24) is 4.98 Å². The highest BCUT2D eigenvalue weighted by atomic mass is 16.1. The molecule has 1 aromatic heterocycles. The molecule has 20 heavy (non-hydrogen) atoms. The Labute approximate surface area is 118 Å². The smallest absolute Gasteiger partial charge is 0.274 e. The van der Waals surface area contributed by atoms with Crippen LogP contribution in [0, 0.1) is 0 Å². The molecule has 1 saturated heterocycles. The average molecular weight is 267 g/mol. The zero-order valence-corrected chi connectivity index (χ0v) is 11.2. The van der Waals surface area contributed by atoms with Gasteiger partial charge in [-0.3, -0.25) is 9.78 Å². The van der Waals surface area contributed by atoms with E-state index in [-0.39, 0.29) is 5.91 Å². The number of nitrogens with one attached hydrogen (secondary N) is 1. The number of hydrogen-bond donors (Lipinski definition) is 1. The van der Waals surface area contributed by atoms with Crippen LogP contribution in [0.3, 0.4) is 0 Å². The Morgan fingerprint density at radius 3 is 2.70 bits per heavy atom. The maximum atomic E-state index is 12.1. The van der Waals surface area contributed by atoms with E-state index in [2.05, 4.69) is 21.3 Å². The fourth-order valence-corrected chi connectivity index (χ4v) is 2.45. The molecule has 0 bridgehead atoms. The summed E-state index contributed by atoms with van der Waals surface area (Å²) in [5, 5.41) is 2.89.